The lowest BCUT2D eigenvalue weighted by atomic mass is 10.2. The maximum absolute atomic E-state index is 8.86. The van der Waals surface area contributed by atoms with Crippen LogP contribution in [0.25, 0.3) is 0 Å². The molecule has 0 fully saturated rings. The van der Waals surface area contributed by atoms with E-state index >= 15 is 0 Å². The molecule has 0 amide bonds. The minimum Gasteiger partial charge on any atom is -0.396 e. The fourth-order valence-corrected chi connectivity index (χ4v) is 1.57. The van der Waals surface area contributed by atoms with E-state index in [9.17, 15) is 0 Å². The number of nitriles is 1. The first-order valence-corrected chi connectivity index (χ1v) is 5.55. The number of nitrogens with zero attached hydrogens (tertiary/aromatic N) is 3. The predicted molar refractivity (Wildman–Crippen MR) is 69.6 cm³/mol. The number of anilines is 2. The molecule has 0 aliphatic rings. The van der Waals surface area contributed by atoms with Crippen molar-refractivity contribution in [1.29, 1.82) is 5.26 Å². The van der Waals surface area contributed by atoms with E-state index in [0.29, 0.717) is 11.5 Å². The predicted octanol–water partition coefficient (Wildman–Crippen LogP) is 2.10. The van der Waals surface area contributed by atoms with Gasteiger partial charge in [-0.15, -0.1) is 0 Å². The summed E-state index contributed by atoms with van der Waals surface area (Å²) in [5, 5.41) is 12.0. The highest BCUT2D eigenvalue weighted by atomic mass is 15.0. The van der Waals surface area contributed by atoms with Crippen LogP contribution in [0, 0.1) is 11.3 Å². The zero-order valence-electron chi connectivity index (χ0n) is 9.96. The molecule has 0 spiro atoms. The Morgan fingerprint density at radius 3 is 2.83 bits per heavy atom. The van der Waals surface area contributed by atoms with Gasteiger partial charge in [0.05, 0.1) is 17.4 Å². The Bertz CT molecular complexity index is 574. The number of nitrogens with two attached hydrogens (primary N) is 1. The monoisotopic (exact) mass is 239 g/mol. The van der Waals surface area contributed by atoms with Crippen LogP contribution in [0.15, 0.2) is 36.5 Å². The molecule has 0 radical (unpaired) electrons. The third-order valence-corrected chi connectivity index (χ3v) is 2.53. The fourth-order valence-electron chi connectivity index (χ4n) is 1.57. The Labute approximate surface area is 105 Å². The van der Waals surface area contributed by atoms with Crippen LogP contribution in [0.4, 0.5) is 11.5 Å². The molecular weight excluding hydrogens is 226 g/mol. The molecule has 2 heterocycles. The molecule has 0 saturated heterocycles. The Morgan fingerprint density at radius 1 is 1.33 bits per heavy atom. The number of hydrogen-bond acceptors (Lipinski definition) is 5. The lowest BCUT2D eigenvalue weighted by molar-refractivity contribution is 0.831. The SMILES string of the molecule is CC(Nc1ccc(N)c(C#N)n1)c1ccccn1. The van der Waals surface area contributed by atoms with Crippen LogP contribution in [0.3, 0.4) is 0 Å². The Kier molecular flexibility index (Phi) is 3.39. The second-order valence-corrected chi connectivity index (χ2v) is 3.87. The van der Waals surface area contributed by atoms with Crippen LogP contribution in [0.2, 0.25) is 0 Å². The molecule has 1 unspecified atom stereocenters. The van der Waals surface area contributed by atoms with Crippen molar-refractivity contribution >= 4 is 11.5 Å². The lowest BCUT2D eigenvalue weighted by Gasteiger charge is -2.14. The number of rotatable bonds is 3. The standard InChI is InChI=1S/C13H13N5/c1-9(11-4-2-3-7-16-11)17-13-6-5-10(15)12(8-14)18-13/h2-7,9H,15H2,1H3,(H,17,18). The quantitative estimate of drug-likeness (QED) is 0.856. The smallest absolute Gasteiger partial charge is 0.165 e. The molecule has 5 nitrogen and oxygen atoms in total. The summed E-state index contributed by atoms with van der Waals surface area (Å²) in [5.74, 6) is 0.610. The molecule has 2 aromatic heterocycles. The molecule has 0 aliphatic heterocycles. The van der Waals surface area contributed by atoms with E-state index in [1.165, 1.54) is 0 Å². The summed E-state index contributed by atoms with van der Waals surface area (Å²) in [7, 11) is 0. The largest absolute Gasteiger partial charge is 0.396 e. The molecule has 0 aromatic carbocycles. The molecule has 18 heavy (non-hydrogen) atoms. The summed E-state index contributed by atoms with van der Waals surface area (Å²) < 4.78 is 0. The molecule has 2 aromatic rings. The van der Waals surface area contributed by atoms with Crippen LogP contribution in [-0.4, -0.2) is 9.97 Å². The lowest BCUT2D eigenvalue weighted by Crippen LogP contribution is -2.10. The van der Waals surface area contributed by atoms with E-state index in [1.54, 1.807) is 18.3 Å². The minimum atomic E-state index is 0.00821. The normalized spacial score (nSPS) is 11.6. The number of pyridine rings is 2. The summed E-state index contributed by atoms with van der Waals surface area (Å²) >= 11 is 0. The van der Waals surface area contributed by atoms with E-state index < -0.39 is 0 Å². The zero-order chi connectivity index (χ0) is 13.0. The van der Waals surface area contributed by atoms with Crippen molar-refractivity contribution in [2.24, 2.45) is 0 Å². The third-order valence-electron chi connectivity index (χ3n) is 2.53. The van der Waals surface area contributed by atoms with Crippen molar-refractivity contribution in [2.45, 2.75) is 13.0 Å². The van der Waals surface area contributed by atoms with Gasteiger partial charge in [-0.1, -0.05) is 6.07 Å². The summed E-state index contributed by atoms with van der Waals surface area (Å²) in [5.41, 5.74) is 7.14. The van der Waals surface area contributed by atoms with Gasteiger partial charge in [0.25, 0.3) is 0 Å². The van der Waals surface area contributed by atoms with Crippen LogP contribution in [-0.2, 0) is 0 Å². The van der Waals surface area contributed by atoms with Crippen molar-refractivity contribution in [3.8, 4) is 6.07 Å². The van der Waals surface area contributed by atoms with Crippen molar-refractivity contribution in [2.75, 3.05) is 11.1 Å². The van der Waals surface area contributed by atoms with E-state index in [4.69, 9.17) is 11.0 Å². The van der Waals surface area contributed by atoms with Gasteiger partial charge in [0.15, 0.2) is 5.69 Å². The number of hydrogen-bond donors (Lipinski definition) is 2. The fraction of sp³-hybridized carbons (Fsp3) is 0.154. The maximum Gasteiger partial charge on any atom is 0.165 e. The van der Waals surface area contributed by atoms with Gasteiger partial charge in [-0.3, -0.25) is 4.98 Å². The van der Waals surface area contributed by atoms with Gasteiger partial charge in [0, 0.05) is 6.20 Å². The summed E-state index contributed by atoms with van der Waals surface area (Å²) in [6.45, 7) is 1.98. The summed E-state index contributed by atoms with van der Waals surface area (Å²) in [6.07, 6.45) is 1.74. The molecule has 1 atom stereocenters. The Balaban J connectivity index is 2.18. The summed E-state index contributed by atoms with van der Waals surface area (Å²) in [6, 6.07) is 11.1. The molecule has 3 N–H and O–H groups in total. The molecule has 0 saturated carbocycles. The van der Waals surface area contributed by atoms with Gasteiger partial charge in [0.2, 0.25) is 0 Å². The topological polar surface area (TPSA) is 87.6 Å². The maximum atomic E-state index is 8.86. The average Bonchev–Trinajstić information content (AvgIpc) is 2.42. The number of nitrogens with one attached hydrogen (secondary N) is 1. The van der Waals surface area contributed by atoms with Crippen LogP contribution >= 0.6 is 0 Å². The highest BCUT2D eigenvalue weighted by molar-refractivity contribution is 5.54. The van der Waals surface area contributed by atoms with Crippen molar-refractivity contribution < 1.29 is 0 Å². The van der Waals surface area contributed by atoms with Gasteiger partial charge < -0.3 is 11.1 Å². The molecule has 2 rings (SSSR count). The Morgan fingerprint density at radius 2 is 2.17 bits per heavy atom. The molecular formula is C13H13N5. The van der Waals surface area contributed by atoms with Crippen molar-refractivity contribution in [1.82, 2.24) is 9.97 Å². The van der Waals surface area contributed by atoms with E-state index in [1.807, 2.05) is 31.2 Å². The Hall–Kier alpha value is -2.61. The first kappa shape index (κ1) is 11.9. The zero-order valence-corrected chi connectivity index (χ0v) is 9.96. The van der Waals surface area contributed by atoms with Gasteiger partial charge in [0.1, 0.15) is 11.9 Å². The van der Waals surface area contributed by atoms with E-state index in [-0.39, 0.29) is 11.7 Å². The first-order valence-electron chi connectivity index (χ1n) is 5.55. The van der Waals surface area contributed by atoms with Crippen LogP contribution in [0.1, 0.15) is 24.4 Å². The third kappa shape index (κ3) is 2.55. The second kappa shape index (κ2) is 5.15. The molecule has 90 valence electrons. The van der Waals surface area contributed by atoms with Gasteiger partial charge in [-0.25, -0.2) is 4.98 Å². The van der Waals surface area contributed by atoms with Gasteiger partial charge >= 0.3 is 0 Å². The van der Waals surface area contributed by atoms with Crippen LogP contribution in [0.5, 0.6) is 0 Å². The second-order valence-electron chi connectivity index (χ2n) is 3.87. The highest BCUT2D eigenvalue weighted by Crippen LogP contribution is 2.18. The average molecular weight is 239 g/mol. The van der Waals surface area contributed by atoms with E-state index in [2.05, 4.69) is 15.3 Å². The number of nitrogen functional groups attached to an aromatic ring is 1. The van der Waals surface area contributed by atoms with E-state index in [0.717, 1.165) is 5.69 Å². The number of aromatic nitrogens is 2. The first-order chi connectivity index (χ1) is 8.70. The van der Waals surface area contributed by atoms with Crippen molar-refractivity contribution in [3.63, 3.8) is 0 Å². The summed E-state index contributed by atoms with van der Waals surface area (Å²) in [4.78, 5) is 8.39. The molecule has 5 heteroatoms. The van der Waals surface area contributed by atoms with Gasteiger partial charge in [-0.2, -0.15) is 5.26 Å². The molecule has 0 aliphatic carbocycles. The molecule has 0 bridgehead atoms. The minimum absolute atomic E-state index is 0.00821. The highest BCUT2D eigenvalue weighted by Gasteiger charge is 2.08. The van der Waals surface area contributed by atoms with Crippen LogP contribution < -0.4 is 11.1 Å². The van der Waals surface area contributed by atoms with Crippen molar-refractivity contribution in [3.05, 3.63) is 47.9 Å². The van der Waals surface area contributed by atoms with Gasteiger partial charge in [-0.05, 0) is 31.2 Å².